The van der Waals surface area contributed by atoms with Crippen LogP contribution in [0.15, 0.2) is 4.79 Å². The molecular weight excluding hydrogens is 294 g/mol. The SMILES string of the molecule is CCN(CC)CCN1CCN(C(=O)Cc2c(C)[nH][nH]c2=O)CC1. The molecular formula is C16H29N5O2. The van der Waals surface area contributed by atoms with E-state index < -0.39 is 0 Å². The van der Waals surface area contributed by atoms with Gasteiger partial charge in [-0.15, -0.1) is 0 Å². The Balaban J connectivity index is 1.78. The number of nitrogens with one attached hydrogen (secondary N) is 2. The molecule has 2 rings (SSSR count). The van der Waals surface area contributed by atoms with Crippen LogP contribution in [0, 0.1) is 6.92 Å². The monoisotopic (exact) mass is 323 g/mol. The van der Waals surface area contributed by atoms with Gasteiger partial charge in [-0.1, -0.05) is 13.8 Å². The molecule has 1 aliphatic rings. The van der Waals surface area contributed by atoms with Crippen molar-refractivity contribution in [2.24, 2.45) is 0 Å². The fourth-order valence-electron chi connectivity index (χ4n) is 2.99. The summed E-state index contributed by atoms with van der Waals surface area (Å²) in [5.74, 6) is 0.0431. The summed E-state index contributed by atoms with van der Waals surface area (Å²) < 4.78 is 0. The number of aromatic amines is 2. The van der Waals surface area contributed by atoms with Gasteiger partial charge in [-0.05, 0) is 20.0 Å². The van der Waals surface area contributed by atoms with Crippen LogP contribution in [-0.4, -0.2) is 83.2 Å². The number of aryl methyl sites for hydroxylation is 1. The average Bonchev–Trinajstić information content (AvgIpc) is 2.88. The number of carbonyl (C=O) groups excluding carboxylic acids is 1. The van der Waals surface area contributed by atoms with Crippen LogP contribution >= 0.6 is 0 Å². The van der Waals surface area contributed by atoms with E-state index >= 15 is 0 Å². The van der Waals surface area contributed by atoms with Gasteiger partial charge in [0, 0.05) is 50.5 Å². The van der Waals surface area contributed by atoms with E-state index in [1.807, 2.05) is 11.8 Å². The largest absolute Gasteiger partial charge is 0.340 e. The van der Waals surface area contributed by atoms with Crippen molar-refractivity contribution >= 4 is 5.91 Å². The number of aromatic nitrogens is 2. The number of amides is 1. The van der Waals surface area contributed by atoms with Crippen LogP contribution in [0.1, 0.15) is 25.1 Å². The summed E-state index contributed by atoms with van der Waals surface area (Å²) >= 11 is 0. The number of likely N-dealkylation sites (N-methyl/N-ethyl adjacent to an activating group) is 1. The summed E-state index contributed by atoms with van der Waals surface area (Å²) in [6, 6.07) is 0. The van der Waals surface area contributed by atoms with E-state index in [2.05, 4.69) is 33.8 Å². The van der Waals surface area contributed by atoms with Crippen molar-refractivity contribution in [2.75, 3.05) is 52.4 Å². The normalized spacial score (nSPS) is 16.3. The number of hydrogen-bond acceptors (Lipinski definition) is 4. The first-order valence-corrected chi connectivity index (χ1v) is 8.53. The summed E-state index contributed by atoms with van der Waals surface area (Å²) in [5.41, 5.74) is 1.12. The molecule has 0 unspecified atom stereocenters. The third kappa shape index (κ3) is 4.68. The second kappa shape index (κ2) is 8.31. The second-order valence-corrected chi connectivity index (χ2v) is 6.11. The topological polar surface area (TPSA) is 75.4 Å². The maximum Gasteiger partial charge on any atom is 0.267 e. The van der Waals surface area contributed by atoms with Crippen LogP contribution in [-0.2, 0) is 11.2 Å². The highest BCUT2D eigenvalue weighted by molar-refractivity contribution is 5.79. The van der Waals surface area contributed by atoms with Crippen molar-refractivity contribution < 1.29 is 4.79 Å². The molecule has 0 spiro atoms. The van der Waals surface area contributed by atoms with Gasteiger partial charge < -0.3 is 14.9 Å². The van der Waals surface area contributed by atoms with E-state index in [0.717, 1.165) is 58.1 Å². The Bertz CT molecular complexity index is 553. The fourth-order valence-corrected chi connectivity index (χ4v) is 2.99. The van der Waals surface area contributed by atoms with Crippen LogP contribution in [0.2, 0.25) is 0 Å². The molecule has 2 N–H and O–H groups in total. The van der Waals surface area contributed by atoms with Gasteiger partial charge in [0.05, 0.1) is 6.42 Å². The summed E-state index contributed by atoms with van der Waals surface area (Å²) in [5, 5.41) is 5.30. The maximum atomic E-state index is 12.4. The van der Waals surface area contributed by atoms with Gasteiger partial charge in [-0.3, -0.25) is 19.6 Å². The lowest BCUT2D eigenvalue weighted by Crippen LogP contribution is -2.50. The van der Waals surface area contributed by atoms with Crippen molar-refractivity contribution in [3.05, 3.63) is 21.6 Å². The molecule has 1 aromatic rings. The van der Waals surface area contributed by atoms with Crippen molar-refractivity contribution in [1.82, 2.24) is 24.9 Å². The standard InChI is InChI=1S/C16H29N5O2/c1-4-19(5-2)6-7-20-8-10-21(11-9-20)15(22)12-14-13(3)17-18-16(14)23/h4-12H2,1-3H3,(H2,17,18,23). The number of piperazine rings is 1. The first kappa shape index (κ1) is 17.7. The zero-order valence-corrected chi connectivity index (χ0v) is 14.5. The van der Waals surface area contributed by atoms with Gasteiger partial charge in [0.1, 0.15) is 0 Å². The Morgan fingerprint density at radius 1 is 1.13 bits per heavy atom. The van der Waals surface area contributed by atoms with Crippen molar-refractivity contribution in [1.29, 1.82) is 0 Å². The summed E-state index contributed by atoms with van der Waals surface area (Å²) in [6.07, 6.45) is 0.185. The first-order chi connectivity index (χ1) is 11.0. The molecule has 0 bridgehead atoms. The van der Waals surface area contributed by atoms with Gasteiger partial charge in [0.15, 0.2) is 0 Å². The molecule has 7 nitrogen and oxygen atoms in total. The zero-order chi connectivity index (χ0) is 16.8. The average molecular weight is 323 g/mol. The second-order valence-electron chi connectivity index (χ2n) is 6.11. The van der Waals surface area contributed by atoms with Gasteiger partial charge in [-0.25, -0.2) is 0 Å². The summed E-state index contributed by atoms with van der Waals surface area (Å²) in [7, 11) is 0. The highest BCUT2D eigenvalue weighted by Crippen LogP contribution is 2.06. The van der Waals surface area contributed by atoms with Crippen LogP contribution in [0.25, 0.3) is 0 Å². The molecule has 7 heteroatoms. The Morgan fingerprint density at radius 2 is 1.78 bits per heavy atom. The molecule has 1 saturated heterocycles. The van der Waals surface area contributed by atoms with Crippen LogP contribution in [0.3, 0.4) is 0 Å². The first-order valence-electron chi connectivity index (χ1n) is 8.53. The third-order valence-electron chi connectivity index (χ3n) is 4.77. The Labute approximate surface area is 137 Å². The smallest absolute Gasteiger partial charge is 0.267 e. The molecule has 130 valence electrons. The molecule has 1 amide bonds. The quantitative estimate of drug-likeness (QED) is 0.743. The molecule has 0 atom stereocenters. The van der Waals surface area contributed by atoms with E-state index in [-0.39, 0.29) is 17.9 Å². The van der Waals surface area contributed by atoms with E-state index in [9.17, 15) is 9.59 Å². The van der Waals surface area contributed by atoms with Crippen LogP contribution < -0.4 is 5.56 Å². The zero-order valence-electron chi connectivity index (χ0n) is 14.5. The number of nitrogens with zero attached hydrogens (tertiary/aromatic N) is 3. The van der Waals surface area contributed by atoms with Crippen LogP contribution in [0.5, 0.6) is 0 Å². The number of hydrogen-bond donors (Lipinski definition) is 2. The fraction of sp³-hybridized carbons (Fsp3) is 0.750. The molecule has 1 fully saturated rings. The van der Waals surface area contributed by atoms with E-state index in [1.165, 1.54) is 0 Å². The van der Waals surface area contributed by atoms with Gasteiger partial charge in [-0.2, -0.15) is 0 Å². The molecule has 2 heterocycles. The Morgan fingerprint density at radius 3 is 2.30 bits per heavy atom. The molecule has 1 aromatic heterocycles. The van der Waals surface area contributed by atoms with Crippen molar-refractivity contribution in [3.63, 3.8) is 0 Å². The van der Waals surface area contributed by atoms with E-state index in [1.54, 1.807) is 0 Å². The molecule has 0 aliphatic carbocycles. The molecule has 23 heavy (non-hydrogen) atoms. The minimum absolute atomic E-state index is 0.0431. The van der Waals surface area contributed by atoms with Crippen molar-refractivity contribution in [3.8, 4) is 0 Å². The highest BCUT2D eigenvalue weighted by Gasteiger charge is 2.22. The van der Waals surface area contributed by atoms with Crippen molar-refractivity contribution in [2.45, 2.75) is 27.2 Å². The minimum Gasteiger partial charge on any atom is -0.340 e. The highest BCUT2D eigenvalue weighted by atomic mass is 16.2. The molecule has 0 saturated carbocycles. The van der Waals surface area contributed by atoms with Gasteiger partial charge in [0.2, 0.25) is 5.91 Å². The van der Waals surface area contributed by atoms with E-state index in [4.69, 9.17) is 0 Å². The lowest BCUT2D eigenvalue weighted by Gasteiger charge is -2.35. The number of carbonyl (C=O) groups is 1. The number of H-pyrrole nitrogens is 2. The third-order valence-corrected chi connectivity index (χ3v) is 4.77. The van der Waals surface area contributed by atoms with Gasteiger partial charge in [0.25, 0.3) is 5.56 Å². The molecule has 0 radical (unpaired) electrons. The molecule has 0 aromatic carbocycles. The van der Waals surface area contributed by atoms with Gasteiger partial charge >= 0.3 is 0 Å². The number of rotatable bonds is 7. The summed E-state index contributed by atoms with van der Waals surface area (Å²) in [6.45, 7) is 13.8. The Hall–Kier alpha value is -1.60. The predicted molar refractivity (Wildman–Crippen MR) is 90.7 cm³/mol. The lowest BCUT2D eigenvalue weighted by molar-refractivity contribution is -0.132. The minimum atomic E-state index is -0.186. The van der Waals surface area contributed by atoms with E-state index in [0.29, 0.717) is 5.56 Å². The summed E-state index contributed by atoms with van der Waals surface area (Å²) in [4.78, 5) is 30.7. The lowest BCUT2D eigenvalue weighted by atomic mass is 10.1. The molecule has 1 aliphatic heterocycles. The predicted octanol–water partition coefficient (Wildman–Crippen LogP) is 0.0399. The van der Waals surface area contributed by atoms with Crippen LogP contribution in [0.4, 0.5) is 0 Å². The Kier molecular flexibility index (Phi) is 6.41. The maximum absolute atomic E-state index is 12.4.